The number of likely N-dealkylation sites (N-methyl/N-ethyl adjacent to an activating group) is 2. The van der Waals surface area contributed by atoms with E-state index in [9.17, 15) is 4.79 Å². The summed E-state index contributed by atoms with van der Waals surface area (Å²) in [6, 6.07) is 14.1. The smallest absolute Gasteiger partial charge is 0.235 e. The van der Waals surface area contributed by atoms with E-state index in [1.807, 2.05) is 40.3 Å². The maximum Gasteiger partial charge on any atom is 0.235 e. The average Bonchev–Trinajstić information content (AvgIpc) is 2.66. The van der Waals surface area contributed by atoms with Crippen molar-refractivity contribution in [2.24, 2.45) is 11.5 Å². The van der Waals surface area contributed by atoms with Crippen LogP contribution in [0.3, 0.4) is 0 Å². The molecule has 7 nitrogen and oxygen atoms in total. The van der Waals surface area contributed by atoms with Gasteiger partial charge in [0.2, 0.25) is 5.91 Å². The topological polar surface area (TPSA) is 116 Å². The minimum atomic E-state index is -0.340. The number of carbonyl (C=O) groups is 1. The van der Waals surface area contributed by atoms with Crippen molar-refractivity contribution in [1.29, 1.82) is 0 Å². The quantitative estimate of drug-likeness (QED) is 0.486. The number of primary amides is 1. The SMILES string of the molecule is C.CN(C)[C@@H](Cc1ccc(O)cc1)C(N)=O.CN(C)[C@H](CN)Cc1ccc(O)cc1.Cl. The molecule has 0 saturated heterocycles. The fourth-order valence-electron chi connectivity index (χ4n) is 2.77. The number of carbonyl (C=O) groups excluding carboxylic acids is 1. The first-order valence-electron chi connectivity index (χ1n) is 9.52. The molecule has 0 aromatic heterocycles. The van der Waals surface area contributed by atoms with Crippen LogP contribution in [-0.4, -0.2) is 72.7 Å². The third kappa shape index (κ3) is 11.6. The Kier molecular flexibility index (Phi) is 15.4. The van der Waals surface area contributed by atoms with E-state index in [4.69, 9.17) is 21.7 Å². The second kappa shape index (κ2) is 15.5. The van der Waals surface area contributed by atoms with E-state index in [-0.39, 0.29) is 37.5 Å². The van der Waals surface area contributed by atoms with Gasteiger partial charge in [-0.3, -0.25) is 9.69 Å². The van der Waals surface area contributed by atoms with E-state index in [1.165, 1.54) is 5.56 Å². The van der Waals surface area contributed by atoms with Crippen molar-refractivity contribution in [3.63, 3.8) is 0 Å². The molecule has 1 amide bonds. The first-order chi connectivity index (χ1) is 13.6. The number of benzene rings is 2. The van der Waals surface area contributed by atoms with Gasteiger partial charge in [0.15, 0.2) is 0 Å². The number of nitrogens with two attached hydrogens (primary N) is 2. The minimum absolute atomic E-state index is 0. The zero-order valence-electron chi connectivity index (χ0n) is 18.2. The van der Waals surface area contributed by atoms with Gasteiger partial charge in [-0.1, -0.05) is 31.7 Å². The molecule has 0 radical (unpaired) electrons. The number of phenols is 2. The highest BCUT2D eigenvalue weighted by atomic mass is 35.5. The van der Waals surface area contributed by atoms with Crippen molar-refractivity contribution in [2.45, 2.75) is 32.4 Å². The number of hydrogen-bond acceptors (Lipinski definition) is 6. The lowest BCUT2D eigenvalue weighted by Gasteiger charge is -2.22. The van der Waals surface area contributed by atoms with Gasteiger partial charge in [0.1, 0.15) is 11.5 Å². The van der Waals surface area contributed by atoms with E-state index in [0.29, 0.717) is 24.8 Å². The second-order valence-electron chi connectivity index (χ2n) is 7.48. The highest BCUT2D eigenvalue weighted by molar-refractivity contribution is 5.85. The summed E-state index contributed by atoms with van der Waals surface area (Å²) in [4.78, 5) is 15.0. The number of halogens is 1. The fraction of sp³-hybridized carbons (Fsp3) is 0.435. The van der Waals surface area contributed by atoms with Gasteiger partial charge in [0, 0.05) is 12.6 Å². The van der Waals surface area contributed by atoms with Crippen molar-refractivity contribution in [1.82, 2.24) is 9.80 Å². The molecule has 2 rings (SSSR count). The molecule has 0 saturated carbocycles. The number of nitrogens with zero attached hydrogens (tertiary/aromatic N) is 2. The first-order valence-corrected chi connectivity index (χ1v) is 9.52. The lowest BCUT2D eigenvalue weighted by molar-refractivity contribution is -0.122. The van der Waals surface area contributed by atoms with Crippen LogP contribution in [0.2, 0.25) is 0 Å². The maximum atomic E-state index is 11.1. The van der Waals surface area contributed by atoms with Gasteiger partial charge in [0.25, 0.3) is 0 Å². The molecule has 0 unspecified atom stereocenters. The number of rotatable bonds is 8. The molecule has 0 aliphatic carbocycles. The molecule has 2 aromatic rings. The molecule has 31 heavy (non-hydrogen) atoms. The molecule has 2 aromatic carbocycles. The Morgan fingerprint density at radius 1 is 0.839 bits per heavy atom. The molecule has 176 valence electrons. The summed E-state index contributed by atoms with van der Waals surface area (Å²) in [5.74, 6) is 0.190. The number of phenolic OH excluding ortho intramolecular Hbond substituents is 2. The van der Waals surface area contributed by atoms with Crippen molar-refractivity contribution < 1.29 is 15.0 Å². The summed E-state index contributed by atoms with van der Waals surface area (Å²) in [5.41, 5.74) is 13.1. The molecule has 0 fully saturated rings. The molecule has 0 heterocycles. The van der Waals surface area contributed by atoms with Crippen molar-refractivity contribution >= 4 is 18.3 Å². The van der Waals surface area contributed by atoms with Crippen molar-refractivity contribution in [3.8, 4) is 11.5 Å². The van der Waals surface area contributed by atoms with Crippen LogP contribution in [0, 0.1) is 0 Å². The summed E-state index contributed by atoms with van der Waals surface area (Å²) in [7, 11) is 7.68. The van der Waals surface area contributed by atoms with Crippen LogP contribution in [0.25, 0.3) is 0 Å². The van der Waals surface area contributed by atoms with Gasteiger partial charge in [-0.15, -0.1) is 12.4 Å². The molecular weight excluding hydrogens is 416 g/mol. The summed E-state index contributed by atoms with van der Waals surface area (Å²) in [6.45, 7) is 0.647. The number of amides is 1. The Morgan fingerprint density at radius 2 is 1.23 bits per heavy atom. The lowest BCUT2D eigenvalue weighted by Crippen LogP contribution is -2.41. The monoisotopic (exact) mass is 454 g/mol. The molecule has 8 heteroatoms. The average molecular weight is 455 g/mol. The predicted octanol–water partition coefficient (Wildman–Crippen LogP) is 2.23. The van der Waals surface area contributed by atoms with E-state index in [1.54, 1.807) is 41.3 Å². The standard InChI is InChI=1S/C11H16N2O2.C11H18N2O.CH4.ClH/c1-13(2)10(11(12)15)7-8-3-5-9(14)6-4-8;1-13(2)10(8-12)7-9-3-5-11(14)6-4-9;;/h3-6,10,14H,7H2,1-2H3,(H2,12,15);3-6,10,14H,7-8,12H2,1-2H3;1H4;1H/t2*10-;;/m00../s1. The maximum absolute atomic E-state index is 11.1. The van der Waals surface area contributed by atoms with E-state index in [2.05, 4.69) is 4.90 Å². The van der Waals surface area contributed by atoms with Crippen LogP contribution in [0.4, 0.5) is 0 Å². The summed E-state index contributed by atoms with van der Waals surface area (Å²) >= 11 is 0. The highest BCUT2D eigenvalue weighted by Crippen LogP contribution is 2.13. The predicted molar refractivity (Wildman–Crippen MR) is 131 cm³/mol. The van der Waals surface area contributed by atoms with Gasteiger partial charge in [-0.25, -0.2) is 0 Å². The molecule has 0 bridgehead atoms. The van der Waals surface area contributed by atoms with Crippen LogP contribution in [-0.2, 0) is 17.6 Å². The van der Waals surface area contributed by atoms with Crippen LogP contribution in [0.5, 0.6) is 11.5 Å². The molecule has 0 spiro atoms. The third-order valence-electron chi connectivity index (χ3n) is 4.73. The van der Waals surface area contributed by atoms with Gasteiger partial charge < -0.3 is 26.6 Å². The highest BCUT2D eigenvalue weighted by Gasteiger charge is 2.17. The van der Waals surface area contributed by atoms with Gasteiger partial charge in [-0.05, 0) is 76.4 Å². The van der Waals surface area contributed by atoms with E-state index >= 15 is 0 Å². The Hall–Kier alpha value is -2.32. The molecular formula is C23H39ClN4O3. The molecule has 2 atom stereocenters. The van der Waals surface area contributed by atoms with Crippen LogP contribution in [0.1, 0.15) is 18.6 Å². The fourth-order valence-corrected chi connectivity index (χ4v) is 2.77. The zero-order valence-corrected chi connectivity index (χ0v) is 19.0. The van der Waals surface area contributed by atoms with Crippen LogP contribution >= 0.6 is 12.4 Å². The molecule has 0 aliphatic rings. The van der Waals surface area contributed by atoms with Gasteiger partial charge >= 0.3 is 0 Å². The van der Waals surface area contributed by atoms with E-state index < -0.39 is 0 Å². The number of hydrogen-bond donors (Lipinski definition) is 4. The minimum Gasteiger partial charge on any atom is -0.508 e. The molecule has 0 aliphatic heterocycles. The number of aromatic hydroxyl groups is 2. The van der Waals surface area contributed by atoms with Crippen LogP contribution < -0.4 is 11.5 Å². The molecule has 6 N–H and O–H groups in total. The lowest BCUT2D eigenvalue weighted by atomic mass is 10.0. The Bertz CT molecular complexity index is 737. The second-order valence-corrected chi connectivity index (χ2v) is 7.48. The summed E-state index contributed by atoms with van der Waals surface area (Å²) in [6.07, 6.45) is 1.48. The Morgan fingerprint density at radius 3 is 1.52 bits per heavy atom. The van der Waals surface area contributed by atoms with E-state index in [0.717, 1.165) is 12.0 Å². The van der Waals surface area contributed by atoms with Gasteiger partial charge in [-0.2, -0.15) is 0 Å². The van der Waals surface area contributed by atoms with Crippen LogP contribution in [0.15, 0.2) is 48.5 Å². The van der Waals surface area contributed by atoms with Gasteiger partial charge in [0.05, 0.1) is 6.04 Å². The summed E-state index contributed by atoms with van der Waals surface area (Å²) in [5, 5.41) is 18.2. The zero-order chi connectivity index (χ0) is 22.0. The summed E-state index contributed by atoms with van der Waals surface area (Å²) < 4.78 is 0. The normalized spacial score (nSPS) is 12.1. The van der Waals surface area contributed by atoms with Crippen molar-refractivity contribution in [2.75, 3.05) is 34.7 Å². The first kappa shape index (κ1) is 30.9. The third-order valence-corrected chi connectivity index (χ3v) is 4.73. The Labute approximate surface area is 193 Å². The largest absolute Gasteiger partial charge is 0.508 e. The Balaban J connectivity index is 0. The van der Waals surface area contributed by atoms with Crippen molar-refractivity contribution in [3.05, 3.63) is 59.7 Å².